The second-order valence-electron chi connectivity index (χ2n) is 9.78. The number of methoxy groups -OCH3 is 1. The summed E-state index contributed by atoms with van der Waals surface area (Å²) < 4.78 is 26.9. The minimum Gasteiger partial charge on any atom is -0.494 e. The van der Waals surface area contributed by atoms with Gasteiger partial charge in [0.1, 0.15) is 12.4 Å². The molecule has 42 heavy (non-hydrogen) atoms. The predicted octanol–water partition coefficient (Wildman–Crippen LogP) is 7.13. The molecule has 0 aliphatic carbocycles. The first-order valence-corrected chi connectivity index (χ1v) is 14.2. The van der Waals surface area contributed by atoms with Gasteiger partial charge < -0.3 is 23.7 Å². The Balaban J connectivity index is 1.78. The highest BCUT2D eigenvalue weighted by Gasteiger charge is 2.13. The number of rotatable bonds is 18. The van der Waals surface area contributed by atoms with Crippen molar-refractivity contribution >= 4 is 24.0 Å². The largest absolute Gasteiger partial charge is 0.494 e. The van der Waals surface area contributed by atoms with Crippen LogP contribution in [0.4, 0.5) is 0 Å². The SMILES string of the molecule is C=C(C)C(=O)OCCCCCCOc1ccc(C(=O)Oc2ccc(/C=C/C(=O)OC/C=C/C(C)CC)cc2OC)cc1. The molecule has 0 saturated carbocycles. The molecule has 0 fully saturated rings. The highest BCUT2D eigenvalue weighted by atomic mass is 16.6. The van der Waals surface area contributed by atoms with Crippen molar-refractivity contribution in [2.75, 3.05) is 26.9 Å². The zero-order valence-electron chi connectivity index (χ0n) is 25.1. The van der Waals surface area contributed by atoms with Gasteiger partial charge in [-0.15, -0.1) is 0 Å². The number of hydrogen-bond acceptors (Lipinski definition) is 8. The molecule has 0 spiro atoms. The Morgan fingerprint density at radius 3 is 2.31 bits per heavy atom. The number of ether oxygens (including phenoxy) is 5. The summed E-state index contributed by atoms with van der Waals surface area (Å²) in [6, 6.07) is 11.7. The molecule has 0 amide bonds. The number of carbonyl (C=O) groups excluding carboxylic acids is 3. The first kappa shape index (κ1) is 33.9. The minimum atomic E-state index is -0.537. The molecule has 0 saturated heterocycles. The van der Waals surface area contributed by atoms with Crippen molar-refractivity contribution in [2.24, 2.45) is 5.92 Å². The molecule has 0 aromatic heterocycles. The van der Waals surface area contributed by atoms with E-state index in [-0.39, 0.29) is 18.3 Å². The van der Waals surface area contributed by atoms with Crippen LogP contribution in [-0.4, -0.2) is 44.8 Å². The standard InChI is InChI=1S/C34H42O8/c1-6-26(4)12-11-23-40-32(35)20-14-27-13-19-30(31(24-27)38-5)42-34(37)28-15-17-29(18-16-28)39-21-9-7-8-10-22-41-33(36)25(2)3/h11-20,24,26H,2,6-10,21-23H2,1,3-5H3/b12-11+,20-14+. The normalized spacial score (nSPS) is 11.7. The van der Waals surface area contributed by atoms with Crippen LogP contribution in [0, 0.1) is 5.92 Å². The third kappa shape index (κ3) is 12.9. The Labute approximate surface area is 249 Å². The van der Waals surface area contributed by atoms with Crippen LogP contribution in [0.3, 0.4) is 0 Å². The van der Waals surface area contributed by atoms with E-state index in [2.05, 4.69) is 20.4 Å². The third-order valence-corrected chi connectivity index (χ3v) is 6.21. The number of esters is 3. The van der Waals surface area contributed by atoms with E-state index >= 15 is 0 Å². The van der Waals surface area contributed by atoms with E-state index in [1.165, 1.54) is 13.2 Å². The average molecular weight is 579 g/mol. The van der Waals surface area contributed by atoms with E-state index in [1.54, 1.807) is 55.5 Å². The van der Waals surface area contributed by atoms with E-state index < -0.39 is 11.9 Å². The van der Waals surface area contributed by atoms with Crippen molar-refractivity contribution in [2.45, 2.75) is 52.9 Å². The summed E-state index contributed by atoms with van der Waals surface area (Å²) >= 11 is 0. The van der Waals surface area contributed by atoms with Crippen LogP contribution in [0.15, 0.2) is 72.8 Å². The maximum Gasteiger partial charge on any atom is 0.343 e. The summed E-state index contributed by atoms with van der Waals surface area (Å²) in [5, 5.41) is 0. The van der Waals surface area contributed by atoms with Crippen LogP contribution in [0.1, 0.15) is 68.8 Å². The van der Waals surface area contributed by atoms with Gasteiger partial charge in [0.25, 0.3) is 0 Å². The predicted molar refractivity (Wildman–Crippen MR) is 163 cm³/mol. The third-order valence-electron chi connectivity index (χ3n) is 6.21. The summed E-state index contributed by atoms with van der Waals surface area (Å²) in [7, 11) is 1.47. The molecule has 2 rings (SSSR count). The molecule has 0 heterocycles. The monoisotopic (exact) mass is 578 g/mol. The molecule has 2 aromatic carbocycles. The topological polar surface area (TPSA) is 97.4 Å². The molecule has 0 bridgehead atoms. The van der Waals surface area contributed by atoms with Gasteiger partial charge >= 0.3 is 17.9 Å². The van der Waals surface area contributed by atoms with E-state index in [4.69, 9.17) is 23.7 Å². The number of unbranched alkanes of at least 4 members (excludes halogenated alkanes) is 3. The molecule has 226 valence electrons. The van der Waals surface area contributed by atoms with Crippen LogP contribution < -0.4 is 14.2 Å². The maximum absolute atomic E-state index is 12.7. The zero-order chi connectivity index (χ0) is 30.7. The van der Waals surface area contributed by atoms with Gasteiger partial charge in [0.2, 0.25) is 0 Å². The van der Waals surface area contributed by atoms with Crippen molar-refractivity contribution < 1.29 is 38.1 Å². The Kier molecular flexibility index (Phi) is 15.3. The Morgan fingerprint density at radius 2 is 1.64 bits per heavy atom. The molecule has 8 nitrogen and oxygen atoms in total. The van der Waals surface area contributed by atoms with Gasteiger partial charge in [0, 0.05) is 11.6 Å². The van der Waals surface area contributed by atoms with E-state index in [0.717, 1.165) is 32.1 Å². The number of hydrogen-bond donors (Lipinski definition) is 0. The highest BCUT2D eigenvalue weighted by Crippen LogP contribution is 2.29. The molecule has 0 aliphatic heterocycles. The fourth-order valence-electron chi connectivity index (χ4n) is 3.52. The lowest BCUT2D eigenvalue weighted by Gasteiger charge is -2.11. The summed E-state index contributed by atoms with van der Waals surface area (Å²) in [6.07, 6.45) is 11.4. The molecule has 0 aliphatic rings. The second-order valence-corrected chi connectivity index (χ2v) is 9.78. The lowest BCUT2D eigenvalue weighted by Crippen LogP contribution is -2.09. The fourth-order valence-corrected chi connectivity index (χ4v) is 3.52. The molecule has 1 unspecified atom stereocenters. The lowest BCUT2D eigenvalue weighted by atomic mass is 10.1. The molecule has 0 radical (unpaired) electrons. The molecule has 2 aromatic rings. The van der Waals surface area contributed by atoms with Crippen molar-refractivity contribution in [3.8, 4) is 17.2 Å². The summed E-state index contributed by atoms with van der Waals surface area (Å²) in [5.41, 5.74) is 1.46. The van der Waals surface area contributed by atoms with Crippen LogP contribution in [-0.2, 0) is 19.1 Å². The number of carbonyl (C=O) groups is 3. The van der Waals surface area contributed by atoms with Crippen molar-refractivity contribution in [1.82, 2.24) is 0 Å². The highest BCUT2D eigenvalue weighted by molar-refractivity contribution is 5.91. The fraction of sp³-hybridized carbons (Fsp3) is 0.382. The average Bonchev–Trinajstić information content (AvgIpc) is 2.99. The summed E-state index contributed by atoms with van der Waals surface area (Å²) in [5.74, 6) is 0.358. The van der Waals surface area contributed by atoms with Gasteiger partial charge in [-0.1, -0.05) is 45.1 Å². The molecule has 1 atom stereocenters. The van der Waals surface area contributed by atoms with Gasteiger partial charge in [0.05, 0.1) is 25.9 Å². The van der Waals surface area contributed by atoms with Crippen LogP contribution in [0.2, 0.25) is 0 Å². The van der Waals surface area contributed by atoms with E-state index in [1.807, 2.05) is 12.2 Å². The Bertz CT molecular complexity index is 1230. The van der Waals surface area contributed by atoms with Crippen LogP contribution in [0.5, 0.6) is 17.2 Å². The molecular weight excluding hydrogens is 536 g/mol. The minimum absolute atomic E-state index is 0.219. The second kappa shape index (κ2) is 18.9. The summed E-state index contributed by atoms with van der Waals surface area (Å²) in [6.45, 7) is 10.5. The quantitative estimate of drug-likeness (QED) is 0.0606. The smallest absolute Gasteiger partial charge is 0.343 e. The maximum atomic E-state index is 12.7. The summed E-state index contributed by atoms with van der Waals surface area (Å²) in [4.78, 5) is 36.0. The molecule has 0 N–H and O–H groups in total. The first-order valence-electron chi connectivity index (χ1n) is 14.2. The van der Waals surface area contributed by atoms with Gasteiger partial charge in [-0.05, 0) is 86.6 Å². The molecule has 8 heteroatoms. The van der Waals surface area contributed by atoms with Gasteiger partial charge in [0.15, 0.2) is 11.5 Å². The molecular formula is C34H42O8. The van der Waals surface area contributed by atoms with E-state index in [0.29, 0.717) is 47.3 Å². The number of allylic oxidation sites excluding steroid dienone is 1. The van der Waals surface area contributed by atoms with Gasteiger partial charge in [-0.2, -0.15) is 0 Å². The van der Waals surface area contributed by atoms with Crippen molar-refractivity contribution in [3.63, 3.8) is 0 Å². The first-order chi connectivity index (χ1) is 20.2. The van der Waals surface area contributed by atoms with Crippen molar-refractivity contribution in [1.29, 1.82) is 0 Å². The zero-order valence-corrected chi connectivity index (χ0v) is 25.1. The van der Waals surface area contributed by atoms with Crippen LogP contribution >= 0.6 is 0 Å². The van der Waals surface area contributed by atoms with Crippen LogP contribution in [0.25, 0.3) is 6.08 Å². The van der Waals surface area contributed by atoms with Crippen molar-refractivity contribution in [3.05, 3.63) is 84.0 Å². The Morgan fingerprint density at radius 1 is 0.929 bits per heavy atom. The van der Waals surface area contributed by atoms with E-state index in [9.17, 15) is 14.4 Å². The lowest BCUT2D eigenvalue weighted by molar-refractivity contribution is -0.139. The van der Waals surface area contributed by atoms with Gasteiger partial charge in [-0.3, -0.25) is 0 Å². The van der Waals surface area contributed by atoms with Gasteiger partial charge in [-0.25, -0.2) is 14.4 Å². The number of benzene rings is 2. The Hall–Kier alpha value is -4.33.